The summed E-state index contributed by atoms with van der Waals surface area (Å²) in [4.78, 5) is 0. The molecular formula is C11H12Cl3Ti. The van der Waals surface area contributed by atoms with Gasteiger partial charge in [-0.05, 0) is 0 Å². The number of allylic oxidation sites excluding steroid dienone is 4. The SMILES string of the molecule is Cl.Cl.Cl.[Ti][C]1=C(c2ccccc2)C=CC1. The number of hydrogen-bond donors (Lipinski definition) is 0. The van der Waals surface area contributed by atoms with Gasteiger partial charge in [0.15, 0.2) is 0 Å². The second-order valence-electron chi connectivity index (χ2n) is 2.86. The second kappa shape index (κ2) is 8.44. The van der Waals surface area contributed by atoms with Crippen LogP contribution in [0.5, 0.6) is 0 Å². The predicted octanol–water partition coefficient (Wildman–Crippen LogP) is 4.17. The normalized spacial score (nSPS) is 12.5. The van der Waals surface area contributed by atoms with Crippen molar-refractivity contribution in [2.45, 2.75) is 6.42 Å². The standard InChI is InChI=1S/C11H9.3ClH.Ti/c1-2-6-10(7-3-1)11-8-4-5-9-11;;;;/h1-4,6-8H,5H2;3*1H;. The van der Waals surface area contributed by atoms with Crippen LogP contribution in [-0.2, 0) is 20.4 Å². The predicted molar refractivity (Wildman–Crippen MR) is 68.9 cm³/mol. The van der Waals surface area contributed by atoms with Crippen LogP contribution in [0.4, 0.5) is 0 Å². The van der Waals surface area contributed by atoms with Gasteiger partial charge in [-0.3, -0.25) is 0 Å². The molecule has 1 aromatic rings. The molecule has 0 atom stereocenters. The van der Waals surface area contributed by atoms with Crippen LogP contribution in [0.25, 0.3) is 5.57 Å². The van der Waals surface area contributed by atoms with E-state index in [0.717, 1.165) is 6.42 Å². The van der Waals surface area contributed by atoms with Crippen molar-refractivity contribution >= 4 is 42.8 Å². The monoisotopic (exact) mass is 297 g/mol. The first-order valence-electron chi connectivity index (χ1n) is 4.04. The molecule has 15 heavy (non-hydrogen) atoms. The van der Waals surface area contributed by atoms with E-state index in [9.17, 15) is 0 Å². The fraction of sp³-hybridized carbons (Fsp3) is 0.0909. The molecule has 1 aliphatic carbocycles. The number of hydrogen-bond acceptors (Lipinski definition) is 0. The van der Waals surface area contributed by atoms with Crippen LogP contribution < -0.4 is 0 Å². The summed E-state index contributed by atoms with van der Waals surface area (Å²) in [5.41, 5.74) is 2.74. The zero-order valence-corrected chi connectivity index (χ0v) is 12.0. The molecule has 0 heterocycles. The molecule has 0 saturated carbocycles. The van der Waals surface area contributed by atoms with Crippen LogP contribution in [0.2, 0.25) is 0 Å². The fourth-order valence-electron chi connectivity index (χ4n) is 1.39. The third-order valence-electron chi connectivity index (χ3n) is 2.02. The Balaban J connectivity index is 0. The third kappa shape index (κ3) is 4.34. The van der Waals surface area contributed by atoms with Crippen molar-refractivity contribution in [2.75, 3.05) is 0 Å². The minimum absolute atomic E-state index is 0. The van der Waals surface area contributed by atoms with Gasteiger partial charge in [0.1, 0.15) is 0 Å². The quantitative estimate of drug-likeness (QED) is 0.683. The van der Waals surface area contributed by atoms with Gasteiger partial charge >= 0.3 is 84.4 Å². The van der Waals surface area contributed by atoms with Crippen LogP contribution in [0.3, 0.4) is 0 Å². The summed E-state index contributed by atoms with van der Waals surface area (Å²) in [5.74, 6) is 0. The van der Waals surface area contributed by atoms with Crippen LogP contribution in [0.15, 0.2) is 46.4 Å². The third-order valence-corrected chi connectivity index (χ3v) is 2.76. The Bertz CT molecular complexity index is 344. The van der Waals surface area contributed by atoms with Crippen molar-refractivity contribution in [1.82, 2.24) is 0 Å². The first-order chi connectivity index (χ1) is 5.88. The maximum absolute atomic E-state index is 2.22. The number of halogens is 3. The average Bonchev–Trinajstić information content (AvgIpc) is 2.53. The Morgan fingerprint density at radius 1 is 0.933 bits per heavy atom. The van der Waals surface area contributed by atoms with Crippen LogP contribution in [0, 0.1) is 0 Å². The summed E-state index contributed by atoms with van der Waals surface area (Å²) in [7, 11) is 0. The van der Waals surface area contributed by atoms with Gasteiger partial charge in [-0.1, -0.05) is 0 Å². The molecule has 81 valence electrons. The fourth-order valence-corrected chi connectivity index (χ4v) is 1.93. The van der Waals surface area contributed by atoms with E-state index >= 15 is 0 Å². The van der Waals surface area contributed by atoms with E-state index < -0.39 is 0 Å². The van der Waals surface area contributed by atoms with Crippen molar-refractivity contribution in [3.63, 3.8) is 0 Å². The van der Waals surface area contributed by atoms with Gasteiger partial charge in [0, 0.05) is 0 Å². The zero-order valence-electron chi connectivity index (χ0n) is 7.97. The minimum atomic E-state index is 0. The van der Waals surface area contributed by atoms with Gasteiger partial charge in [-0.25, -0.2) is 0 Å². The molecule has 1 aliphatic rings. The number of rotatable bonds is 1. The molecule has 0 aliphatic heterocycles. The van der Waals surface area contributed by atoms with Gasteiger partial charge < -0.3 is 0 Å². The van der Waals surface area contributed by atoms with Crippen molar-refractivity contribution in [2.24, 2.45) is 0 Å². The molecule has 0 amide bonds. The first-order valence-corrected chi connectivity index (χ1v) is 4.83. The van der Waals surface area contributed by atoms with E-state index in [2.05, 4.69) is 62.9 Å². The van der Waals surface area contributed by atoms with Crippen LogP contribution >= 0.6 is 37.2 Å². The average molecular weight is 298 g/mol. The number of benzene rings is 1. The van der Waals surface area contributed by atoms with Gasteiger partial charge in [-0.2, -0.15) is 0 Å². The second-order valence-corrected chi connectivity index (χ2v) is 3.81. The van der Waals surface area contributed by atoms with Crippen molar-refractivity contribution < 1.29 is 20.4 Å². The summed E-state index contributed by atoms with van der Waals surface area (Å²) >= 11 is 2.20. The molecule has 0 radical (unpaired) electrons. The van der Waals surface area contributed by atoms with Crippen LogP contribution in [0.1, 0.15) is 12.0 Å². The van der Waals surface area contributed by atoms with Gasteiger partial charge in [-0.15, -0.1) is 37.2 Å². The Kier molecular flexibility index (Phi) is 9.94. The molecule has 0 spiro atoms. The Morgan fingerprint density at radius 3 is 2.00 bits per heavy atom. The Labute approximate surface area is 121 Å². The molecular weight excluding hydrogens is 286 g/mol. The molecule has 1 aromatic carbocycles. The van der Waals surface area contributed by atoms with E-state index in [0.29, 0.717) is 0 Å². The maximum atomic E-state index is 2.22. The molecule has 0 nitrogen and oxygen atoms in total. The van der Waals surface area contributed by atoms with Gasteiger partial charge in [0.2, 0.25) is 0 Å². The van der Waals surface area contributed by atoms with E-state index in [1.54, 1.807) is 0 Å². The van der Waals surface area contributed by atoms with E-state index in [4.69, 9.17) is 0 Å². The van der Waals surface area contributed by atoms with E-state index in [-0.39, 0.29) is 37.2 Å². The zero-order chi connectivity index (χ0) is 8.39. The topological polar surface area (TPSA) is 0 Å². The molecule has 0 fully saturated rings. The molecule has 0 aromatic heterocycles. The van der Waals surface area contributed by atoms with Gasteiger partial charge in [0.25, 0.3) is 0 Å². The van der Waals surface area contributed by atoms with Crippen LogP contribution in [-0.4, -0.2) is 0 Å². The summed E-state index contributed by atoms with van der Waals surface area (Å²) in [6.07, 6.45) is 5.55. The Hall–Kier alpha value is 0.284. The van der Waals surface area contributed by atoms with E-state index in [1.807, 2.05) is 0 Å². The molecule has 0 saturated heterocycles. The molecule has 0 bridgehead atoms. The first kappa shape index (κ1) is 17.7. The summed E-state index contributed by atoms with van der Waals surface area (Å²) < 4.78 is 1.47. The van der Waals surface area contributed by atoms with Gasteiger partial charge in [0.05, 0.1) is 0 Å². The van der Waals surface area contributed by atoms with Crippen molar-refractivity contribution in [1.29, 1.82) is 0 Å². The molecule has 0 unspecified atom stereocenters. The molecule has 2 rings (SSSR count). The summed E-state index contributed by atoms with van der Waals surface area (Å²) in [5, 5.41) is 0. The van der Waals surface area contributed by atoms with Crippen molar-refractivity contribution in [3.8, 4) is 0 Å². The van der Waals surface area contributed by atoms with E-state index in [1.165, 1.54) is 15.0 Å². The summed E-state index contributed by atoms with van der Waals surface area (Å²) in [6, 6.07) is 10.5. The molecule has 4 heteroatoms. The Morgan fingerprint density at radius 2 is 1.53 bits per heavy atom. The van der Waals surface area contributed by atoms with Crippen molar-refractivity contribution in [3.05, 3.63) is 51.9 Å². The molecule has 0 N–H and O–H groups in total. The summed E-state index contributed by atoms with van der Waals surface area (Å²) in [6.45, 7) is 0.